The van der Waals surface area contributed by atoms with Crippen LogP contribution in [0, 0.1) is 12.7 Å². The van der Waals surface area contributed by atoms with Crippen LogP contribution in [0.4, 0.5) is 10.1 Å². The molecule has 242 valence electrons. The number of benzene rings is 4. The van der Waals surface area contributed by atoms with E-state index in [2.05, 4.69) is 5.32 Å². The number of hydrogen-bond acceptors (Lipinski definition) is 5. The van der Waals surface area contributed by atoms with E-state index >= 15 is 0 Å². The van der Waals surface area contributed by atoms with E-state index < -0.39 is 34.3 Å². The average molecular weight is 646 g/mol. The fraction of sp³-hybridized carbons (Fsp3) is 0.278. The van der Waals surface area contributed by atoms with Gasteiger partial charge < -0.3 is 15.0 Å². The zero-order chi connectivity index (χ0) is 33.3. The first-order chi connectivity index (χ1) is 22.0. The van der Waals surface area contributed by atoms with Gasteiger partial charge >= 0.3 is 0 Å². The van der Waals surface area contributed by atoms with E-state index in [4.69, 9.17) is 4.74 Å². The van der Waals surface area contributed by atoms with Gasteiger partial charge in [0.15, 0.2) is 0 Å². The fourth-order valence-corrected chi connectivity index (χ4v) is 6.38. The number of aryl methyl sites for hydroxylation is 1. The lowest BCUT2D eigenvalue weighted by Gasteiger charge is -2.34. The number of sulfonamides is 1. The summed E-state index contributed by atoms with van der Waals surface area (Å²) in [5, 5.41) is 2.92. The molecule has 0 aliphatic rings. The summed E-state index contributed by atoms with van der Waals surface area (Å²) < 4.78 is 48.7. The van der Waals surface area contributed by atoms with Crippen LogP contribution >= 0.6 is 0 Å². The standard InChI is InChI=1S/C36H40FN3O5S/c1-5-45-32-19-21-33(22-20-32)46(43,44)40(31-17-11-27(4)12-18-31)25-35(41)39(24-29-13-15-30(37)16-14-29)34(36(42)38-26(2)3)23-28-9-7-6-8-10-28/h6-22,26,34H,5,23-25H2,1-4H3,(H,38,42)/t34-/m1/s1. The van der Waals surface area contributed by atoms with Gasteiger partial charge in [-0.15, -0.1) is 0 Å². The molecule has 0 fully saturated rings. The van der Waals surface area contributed by atoms with Crippen molar-refractivity contribution in [1.82, 2.24) is 10.2 Å². The summed E-state index contributed by atoms with van der Waals surface area (Å²) in [4.78, 5) is 29.5. The summed E-state index contributed by atoms with van der Waals surface area (Å²) in [5.41, 5.74) is 2.61. The van der Waals surface area contributed by atoms with E-state index in [9.17, 15) is 22.4 Å². The number of ether oxygens (including phenoxy) is 1. The summed E-state index contributed by atoms with van der Waals surface area (Å²) in [6.45, 7) is 7.16. The van der Waals surface area contributed by atoms with Crippen molar-refractivity contribution in [3.8, 4) is 5.75 Å². The van der Waals surface area contributed by atoms with Gasteiger partial charge in [0, 0.05) is 19.0 Å². The Morgan fingerprint density at radius 1 is 0.848 bits per heavy atom. The average Bonchev–Trinajstić information content (AvgIpc) is 3.03. The van der Waals surface area contributed by atoms with Crippen molar-refractivity contribution in [1.29, 1.82) is 0 Å². The first-order valence-electron chi connectivity index (χ1n) is 15.2. The number of nitrogens with zero attached hydrogens (tertiary/aromatic N) is 2. The van der Waals surface area contributed by atoms with E-state index in [1.807, 2.05) is 58.0 Å². The first kappa shape index (κ1) is 34.2. The minimum Gasteiger partial charge on any atom is -0.494 e. The van der Waals surface area contributed by atoms with Gasteiger partial charge in [0.05, 0.1) is 17.2 Å². The van der Waals surface area contributed by atoms with Gasteiger partial charge in [-0.25, -0.2) is 12.8 Å². The van der Waals surface area contributed by atoms with Gasteiger partial charge in [-0.1, -0.05) is 60.2 Å². The summed E-state index contributed by atoms with van der Waals surface area (Å²) in [7, 11) is -4.25. The molecule has 0 saturated heterocycles. The SMILES string of the molecule is CCOc1ccc(S(=O)(=O)N(CC(=O)N(Cc2ccc(F)cc2)[C@H](Cc2ccccc2)C(=O)NC(C)C)c2ccc(C)cc2)cc1. The van der Waals surface area contributed by atoms with Crippen LogP contribution < -0.4 is 14.4 Å². The maximum absolute atomic E-state index is 14.5. The lowest BCUT2D eigenvalue weighted by Crippen LogP contribution is -2.54. The Hall–Kier alpha value is -4.70. The van der Waals surface area contributed by atoms with Crippen molar-refractivity contribution in [2.24, 2.45) is 0 Å². The van der Waals surface area contributed by atoms with Gasteiger partial charge in [0.25, 0.3) is 10.0 Å². The summed E-state index contributed by atoms with van der Waals surface area (Å²) in [6.07, 6.45) is 0.183. The van der Waals surface area contributed by atoms with Gasteiger partial charge in [-0.05, 0) is 87.4 Å². The molecule has 4 aromatic carbocycles. The number of nitrogens with one attached hydrogen (secondary N) is 1. The second kappa shape index (κ2) is 15.5. The monoisotopic (exact) mass is 645 g/mol. The van der Waals surface area contributed by atoms with Crippen molar-refractivity contribution in [3.05, 3.63) is 126 Å². The Morgan fingerprint density at radius 2 is 1.48 bits per heavy atom. The molecule has 0 bridgehead atoms. The highest BCUT2D eigenvalue weighted by molar-refractivity contribution is 7.92. The first-order valence-corrected chi connectivity index (χ1v) is 16.6. The molecule has 1 atom stereocenters. The third-order valence-corrected chi connectivity index (χ3v) is 9.08. The molecule has 0 radical (unpaired) electrons. The number of rotatable bonds is 14. The number of anilines is 1. The van der Waals surface area contributed by atoms with Crippen LogP contribution in [0.5, 0.6) is 5.75 Å². The van der Waals surface area contributed by atoms with Crippen molar-refractivity contribution in [2.45, 2.75) is 57.6 Å². The minimum atomic E-state index is -4.25. The Kier molecular flexibility index (Phi) is 11.5. The molecular weight excluding hydrogens is 605 g/mol. The molecule has 0 spiro atoms. The van der Waals surface area contributed by atoms with E-state index in [-0.39, 0.29) is 29.8 Å². The topological polar surface area (TPSA) is 96.0 Å². The molecule has 10 heteroatoms. The van der Waals surface area contributed by atoms with Crippen LogP contribution in [0.25, 0.3) is 0 Å². The highest BCUT2D eigenvalue weighted by atomic mass is 32.2. The van der Waals surface area contributed by atoms with Crippen molar-refractivity contribution >= 4 is 27.5 Å². The molecule has 0 heterocycles. The lowest BCUT2D eigenvalue weighted by atomic mass is 10.0. The molecule has 8 nitrogen and oxygen atoms in total. The maximum Gasteiger partial charge on any atom is 0.264 e. The molecular formula is C36H40FN3O5S. The van der Waals surface area contributed by atoms with Crippen LogP contribution in [0.1, 0.15) is 37.5 Å². The molecule has 0 saturated carbocycles. The van der Waals surface area contributed by atoms with Gasteiger partial charge in [-0.2, -0.15) is 0 Å². The summed E-state index contributed by atoms with van der Waals surface area (Å²) in [5.74, 6) is -0.901. The Bertz CT molecular complexity index is 1700. The molecule has 0 aliphatic heterocycles. The smallest absolute Gasteiger partial charge is 0.264 e. The van der Waals surface area contributed by atoms with Gasteiger partial charge in [0.1, 0.15) is 24.2 Å². The van der Waals surface area contributed by atoms with Crippen LogP contribution in [-0.2, 0) is 32.6 Å². The largest absolute Gasteiger partial charge is 0.494 e. The number of carbonyl (C=O) groups excluding carboxylic acids is 2. The third-order valence-electron chi connectivity index (χ3n) is 7.29. The van der Waals surface area contributed by atoms with Crippen LogP contribution in [0.2, 0.25) is 0 Å². The number of hydrogen-bond donors (Lipinski definition) is 1. The fourth-order valence-electron chi connectivity index (χ4n) is 4.96. The molecule has 46 heavy (non-hydrogen) atoms. The van der Waals surface area contributed by atoms with E-state index in [1.165, 1.54) is 29.2 Å². The molecule has 1 N–H and O–H groups in total. The van der Waals surface area contributed by atoms with Crippen LogP contribution in [0.3, 0.4) is 0 Å². The van der Waals surface area contributed by atoms with Gasteiger partial charge in [0.2, 0.25) is 11.8 Å². The predicted molar refractivity (Wildman–Crippen MR) is 177 cm³/mol. The zero-order valence-corrected chi connectivity index (χ0v) is 27.3. The Morgan fingerprint density at radius 3 is 2.07 bits per heavy atom. The van der Waals surface area contributed by atoms with E-state index in [1.54, 1.807) is 48.5 Å². The van der Waals surface area contributed by atoms with Crippen molar-refractivity contribution < 1.29 is 27.1 Å². The molecule has 0 aliphatic carbocycles. The molecule has 2 amide bonds. The molecule has 4 aromatic rings. The van der Waals surface area contributed by atoms with Crippen LogP contribution in [0.15, 0.2) is 108 Å². The van der Waals surface area contributed by atoms with Crippen molar-refractivity contribution in [3.63, 3.8) is 0 Å². The Balaban J connectivity index is 1.79. The normalized spacial score (nSPS) is 12.0. The highest BCUT2D eigenvalue weighted by Gasteiger charge is 2.35. The zero-order valence-electron chi connectivity index (χ0n) is 26.5. The molecule has 0 aromatic heterocycles. The van der Waals surface area contributed by atoms with Crippen molar-refractivity contribution in [2.75, 3.05) is 17.5 Å². The molecule has 0 unspecified atom stereocenters. The second-order valence-corrected chi connectivity index (χ2v) is 13.1. The number of amides is 2. The predicted octanol–water partition coefficient (Wildman–Crippen LogP) is 5.89. The summed E-state index contributed by atoms with van der Waals surface area (Å²) >= 11 is 0. The number of halogens is 1. The maximum atomic E-state index is 14.5. The Labute approximate surface area is 270 Å². The highest BCUT2D eigenvalue weighted by Crippen LogP contribution is 2.27. The third kappa shape index (κ3) is 8.94. The molecule has 4 rings (SSSR count). The minimum absolute atomic E-state index is 0.0206. The van der Waals surface area contributed by atoms with E-state index in [0.717, 1.165) is 15.4 Å². The lowest BCUT2D eigenvalue weighted by molar-refractivity contribution is -0.140. The number of carbonyl (C=O) groups is 2. The quantitative estimate of drug-likeness (QED) is 0.185. The van der Waals surface area contributed by atoms with E-state index in [0.29, 0.717) is 23.6 Å². The van der Waals surface area contributed by atoms with Crippen LogP contribution in [-0.4, -0.2) is 50.4 Å². The van der Waals surface area contributed by atoms with Gasteiger partial charge in [-0.3, -0.25) is 13.9 Å². The summed E-state index contributed by atoms with van der Waals surface area (Å²) in [6, 6.07) is 26.6. The second-order valence-electron chi connectivity index (χ2n) is 11.3.